The van der Waals surface area contributed by atoms with Crippen molar-refractivity contribution in [3.05, 3.63) is 212 Å². The topological polar surface area (TPSA) is 36.9 Å². The highest BCUT2D eigenvalue weighted by Gasteiger charge is 2.67. The summed E-state index contributed by atoms with van der Waals surface area (Å²) in [4.78, 5) is 0. The molecule has 59 heavy (non-hydrogen) atoms. The number of hydrogen-bond acceptors (Lipinski definition) is 4. The Kier molecular flexibility index (Phi) is 13.3. The molecule has 0 radical (unpaired) electrons. The van der Waals surface area contributed by atoms with E-state index < -0.39 is 34.2 Å². The van der Waals surface area contributed by atoms with Crippen LogP contribution in [0.5, 0.6) is 0 Å². The van der Waals surface area contributed by atoms with Crippen molar-refractivity contribution in [1.29, 1.82) is 0 Å². The summed E-state index contributed by atoms with van der Waals surface area (Å²) in [6.45, 7) is 2.28. The number of benzene rings is 7. The van der Waals surface area contributed by atoms with Gasteiger partial charge in [-0.1, -0.05) is 264 Å². The molecule has 0 bridgehead atoms. The third-order valence-electron chi connectivity index (χ3n) is 11.4. The minimum Gasteiger partial charge on any atom is -0.405 e. The molecule has 7 aromatic carbocycles. The zero-order valence-electron chi connectivity index (χ0n) is 34.0. The van der Waals surface area contributed by atoms with E-state index in [4.69, 9.17) is 16.5 Å². The van der Waals surface area contributed by atoms with Crippen molar-refractivity contribution < 1.29 is 16.5 Å². The van der Waals surface area contributed by atoms with Crippen molar-refractivity contribution in [2.75, 3.05) is 0 Å². The fourth-order valence-electron chi connectivity index (χ4n) is 8.48. The lowest BCUT2D eigenvalue weighted by Gasteiger charge is -2.53. The fraction of sp³-hybridized carbons (Fsp3) is 0.176. The van der Waals surface area contributed by atoms with Gasteiger partial charge in [0.2, 0.25) is 0 Å². The van der Waals surface area contributed by atoms with Gasteiger partial charge in [0, 0.05) is 0 Å². The number of unbranched alkanes of at least 4 members (excludes halogenated alkanes) is 6. The molecule has 1 saturated heterocycles. The molecule has 7 aromatic rings. The molecular weight excluding hydrogens is 789 g/mol. The molecule has 1 fully saturated rings. The normalized spacial score (nSPS) is 16.7. The summed E-state index contributed by atoms with van der Waals surface area (Å²) in [6, 6.07) is 75.7. The Morgan fingerprint density at radius 1 is 0.271 bits per heavy atom. The van der Waals surface area contributed by atoms with Gasteiger partial charge in [-0.25, -0.2) is 0 Å². The summed E-state index contributed by atoms with van der Waals surface area (Å²) in [7, 11) is -15.0. The zero-order valence-corrected chi connectivity index (χ0v) is 38.0. The van der Waals surface area contributed by atoms with Gasteiger partial charge in [-0.3, -0.25) is 0 Å². The molecule has 0 amide bonds. The molecule has 298 valence electrons. The van der Waals surface area contributed by atoms with Gasteiger partial charge in [-0.15, -0.1) is 0 Å². The molecule has 0 atom stereocenters. The second kappa shape index (κ2) is 19.1. The van der Waals surface area contributed by atoms with E-state index in [1.54, 1.807) is 0 Å². The predicted octanol–water partition coefficient (Wildman–Crippen LogP) is 7.94. The Labute approximate surface area is 355 Å². The molecule has 8 heteroatoms. The van der Waals surface area contributed by atoms with Gasteiger partial charge < -0.3 is 16.5 Å². The number of hydrogen-bond donors (Lipinski definition) is 0. The summed E-state index contributed by atoms with van der Waals surface area (Å²) in [5, 5.41) is 7.23. The van der Waals surface area contributed by atoms with Crippen LogP contribution < -0.4 is 36.3 Å². The van der Waals surface area contributed by atoms with Crippen LogP contribution in [0.4, 0.5) is 0 Å². The van der Waals surface area contributed by atoms with E-state index >= 15 is 0 Å². The quantitative estimate of drug-likeness (QED) is 0.0777. The first-order valence-corrected chi connectivity index (χ1v) is 28.8. The maximum atomic E-state index is 8.49. The van der Waals surface area contributed by atoms with Gasteiger partial charge in [-0.2, -0.15) is 0 Å². The van der Waals surface area contributed by atoms with Crippen LogP contribution in [0.3, 0.4) is 0 Å². The minimum atomic E-state index is -3.84. The van der Waals surface area contributed by atoms with Gasteiger partial charge in [-0.05, 0) is 42.4 Å². The SMILES string of the molecule is CCCCCCCCC[Si]1(c2ccccc2)O[Si](c2ccccc2)(c2ccccc2)O[Si](c2ccccc2)(c2ccccc2)O[Si](c2ccccc2)(c2ccccc2)O1. The average Bonchev–Trinajstić information content (AvgIpc) is 3.31. The molecule has 8 rings (SSSR count). The van der Waals surface area contributed by atoms with E-state index in [9.17, 15) is 0 Å². The summed E-state index contributed by atoms with van der Waals surface area (Å²) in [6.07, 6.45) is 8.28. The van der Waals surface area contributed by atoms with Crippen LogP contribution in [0.2, 0.25) is 6.04 Å². The van der Waals surface area contributed by atoms with Crippen LogP contribution in [0.15, 0.2) is 212 Å². The van der Waals surface area contributed by atoms with Crippen LogP contribution in [0, 0.1) is 0 Å². The third-order valence-corrected chi connectivity index (χ3v) is 29.8. The predicted molar refractivity (Wildman–Crippen MR) is 253 cm³/mol. The molecular formula is C51H54O4Si4. The van der Waals surface area contributed by atoms with Gasteiger partial charge in [0.25, 0.3) is 0 Å². The molecule has 0 spiro atoms. The van der Waals surface area contributed by atoms with Crippen LogP contribution in [0.1, 0.15) is 51.9 Å². The Balaban J connectivity index is 1.48. The van der Waals surface area contributed by atoms with E-state index in [-0.39, 0.29) is 0 Å². The van der Waals surface area contributed by atoms with Gasteiger partial charge in [0.1, 0.15) is 0 Å². The smallest absolute Gasteiger partial charge is 0.390 e. The van der Waals surface area contributed by atoms with Crippen LogP contribution in [0.25, 0.3) is 0 Å². The number of rotatable bonds is 15. The summed E-state index contributed by atoms with van der Waals surface area (Å²) in [5.74, 6) is 0. The van der Waals surface area contributed by atoms with Crippen molar-refractivity contribution in [2.45, 2.75) is 57.9 Å². The second-order valence-corrected chi connectivity index (χ2v) is 28.5. The maximum Gasteiger partial charge on any atom is 0.390 e. The lowest BCUT2D eigenvalue weighted by molar-refractivity contribution is 0.259. The van der Waals surface area contributed by atoms with Crippen molar-refractivity contribution in [3.8, 4) is 0 Å². The third kappa shape index (κ3) is 8.64. The van der Waals surface area contributed by atoms with Crippen LogP contribution in [-0.4, -0.2) is 34.2 Å². The molecule has 1 aliphatic rings. The second-order valence-electron chi connectivity index (χ2n) is 15.4. The monoisotopic (exact) mass is 842 g/mol. The van der Waals surface area contributed by atoms with E-state index in [0.717, 1.165) is 55.2 Å². The Bertz CT molecular complexity index is 2090. The van der Waals surface area contributed by atoms with Crippen LogP contribution in [-0.2, 0) is 16.5 Å². The zero-order chi connectivity index (χ0) is 40.3. The summed E-state index contributed by atoms with van der Waals surface area (Å²) < 4.78 is 33.9. The van der Waals surface area contributed by atoms with Crippen molar-refractivity contribution in [1.82, 2.24) is 0 Å². The molecule has 0 N–H and O–H groups in total. The first kappa shape index (κ1) is 41.0. The Hall–Kier alpha value is -4.75. The summed E-state index contributed by atoms with van der Waals surface area (Å²) >= 11 is 0. The average molecular weight is 843 g/mol. The minimum absolute atomic E-state index is 0.756. The highest BCUT2D eigenvalue weighted by atomic mass is 28.5. The lowest BCUT2D eigenvalue weighted by atomic mass is 10.1. The van der Waals surface area contributed by atoms with Gasteiger partial charge >= 0.3 is 34.2 Å². The van der Waals surface area contributed by atoms with Gasteiger partial charge in [0.15, 0.2) is 0 Å². The maximum absolute atomic E-state index is 8.49. The largest absolute Gasteiger partial charge is 0.405 e. The first-order chi connectivity index (χ1) is 29.1. The Morgan fingerprint density at radius 2 is 0.508 bits per heavy atom. The Morgan fingerprint density at radius 3 is 0.797 bits per heavy atom. The van der Waals surface area contributed by atoms with Crippen molar-refractivity contribution in [2.24, 2.45) is 0 Å². The summed E-state index contributed by atoms with van der Waals surface area (Å²) in [5.41, 5.74) is 0. The standard InChI is InChI=1S/C51H54O4Si4/c1-2-3-4-5-6-7-29-44-56(45-30-15-8-16-31-45)52-57(46-32-17-9-18-33-46,47-34-19-10-20-35-47)54-59(50-40-25-13-26-41-50,51-42-27-14-28-43-51)55-58(53-56,48-36-21-11-22-37-48)49-38-23-12-24-39-49/h8-28,30-43H,2-7,29,44H2,1H3. The molecule has 0 aliphatic carbocycles. The molecule has 0 unspecified atom stereocenters. The van der Waals surface area contributed by atoms with Crippen LogP contribution >= 0.6 is 0 Å². The highest BCUT2D eigenvalue weighted by molar-refractivity contribution is 7.14. The molecule has 1 heterocycles. The van der Waals surface area contributed by atoms with E-state index in [1.165, 1.54) is 32.1 Å². The lowest BCUT2D eigenvalue weighted by Crippen LogP contribution is -2.86. The first-order valence-electron chi connectivity index (χ1n) is 21.3. The van der Waals surface area contributed by atoms with Crippen molar-refractivity contribution >= 4 is 70.6 Å². The highest BCUT2D eigenvalue weighted by Crippen LogP contribution is 2.35. The van der Waals surface area contributed by atoms with E-state index in [1.807, 2.05) is 0 Å². The molecule has 1 aliphatic heterocycles. The fourth-order valence-corrected chi connectivity index (χ4v) is 31.5. The molecule has 0 saturated carbocycles. The van der Waals surface area contributed by atoms with E-state index in [2.05, 4.69) is 219 Å². The van der Waals surface area contributed by atoms with Gasteiger partial charge in [0.05, 0.1) is 0 Å². The molecule has 4 nitrogen and oxygen atoms in total. The van der Waals surface area contributed by atoms with Crippen molar-refractivity contribution in [3.63, 3.8) is 0 Å². The molecule has 0 aromatic heterocycles. The van der Waals surface area contributed by atoms with E-state index in [0.29, 0.717) is 0 Å².